The topological polar surface area (TPSA) is 86.8 Å². The van der Waals surface area contributed by atoms with E-state index in [2.05, 4.69) is 21.2 Å². The first-order chi connectivity index (χ1) is 18.7. The minimum absolute atomic E-state index is 0.0642. The van der Waals surface area contributed by atoms with Crippen molar-refractivity contribution in [3.05, 3.63) is 93.9 Å². The second-order valence-electron chi connectivity index (χ2n) is 9.02. The van der Waals surface area contributed by atoms with Crippen LogP contribution < -0.4 is 9.62 Å². The molecule has 3 rings (SSSR count). The van der Waals surface area contributed by atoms with Crippen LogP contribution in [0.3, 0.4) is 0 Å². The fraction of sp³-hybridized carbons (Fsp3) is 0.310. The van der Waals surface area contributed by atoms with Crippen LogP contribution in [0.1, 0.15) is 38.7 Å². The zero-order valence-corrected chi connectivity index (χ0v) is 25.2. The second-order valence-corrected chi connectivity index (χ2v) is 12.2. The lowest BCUT2D eigenvalue weighted by molar-refractivity contribution is -0.140. The molecule has 0 aliphatic carbocycles. The van der Waals surface area contributed by atoms with Gasteiger partial charge in [-0.25, -0.2) is 8.42 Å². The predicted molar refractivity (Wildman–Crippen MR) is 159 cm³/mol. The SMILES string of the molecule is CCCCNC(=O)[C@H](CC)N(Cc1ccc(Cl)cc1)C(=O)CN(c1ccc(Br)cc1)S(=O)(=O)c1ccccc1. The quantitative estimate of drug-likeness (QED) is 0.233. The Morgan fingerprint density at radius 3 is 2.18 bits per heavy atom. The molecule has 10 heteroatoms. The number of nitrogens with one attached hydrogen (secondary N) is 1. The Bertz CT molecular complexity index is 1340. The number of unbranched alkanes of at least 4 members (excludes halogenated alkanes) is 1. The summed E-state index contributed by atoms with van der Waals surface area (Å²) < 4.78 is 29.4. The Balaban J connectivity index is 2.01. The molecule has 208 valence electrons. The van der Waals surface area contributed by atoms with Crippen molar-refractivity contribution < 1.29 is 18.0 Å². The largest absolute Gasteiger partial charge is 0.354 e. The van der Waals surface area contributed by atoms with Gasteiger partial charge in [0.25, 0.3) is 10.0 Å². The van der Waals surface area contributed by atoms with Crippen LogP contribution in [0.5, 0.6) is 0 Å². The van der Waals surface area contributed by atoms with Gasteiger partial charge in [0.05, 0.1) is 10.6 Å². The Hall–Kier alpha value is -2.88. The number of sulfonamides is 1. The highest BCUT2D eigenvalue weighted by atomic mass is 79.9. The lowest BCUT2D eigenvalue weighted by atomic mass is 10.1. The third kappa shape index (κ3) is 8.30. The van der Waals surface area contributed by atoms with Crippen molar-refractivity contribution in [2.45, 2.75) is 50.6 Å². The number of benzene rings is 3. The average molecular weight is 635 g/mol. The monoisotopic (exact) mass is 633 g/mol. The molecule has 0 saturated heterocycles. The maximum absolute atomic E-state index is 14.0. The van der Waals surface area contributed by atoms with Crippen LogP contribution in [0.2, 0.25) is 5.02 Å². The number of hydrogen-bond acceptors (Lipinski definition) is 4. The van der Waals surface area contributed by atoms with E-state index in [1.54, 1.807) is 66.7 Å². The van der Waals surface area contributed by atoms with E-state index in [1.165, 1.54) is 17.0 Å². The second kappa shape index (κ2) is 14.5. The first-order valence-electron chi connectivity index (χ1n) is 12.8. The molecule has 0 saturated carbocycles. The van der Waals surface area contributed by atoms with Crippen LogP contribution in [0.15, 0.2) is 88.2 Å². The van der Waals surface area contributed by atoms with E-state index in [-0.39, 0.29) is 17.3 Å². The maximum Gasteiger partial charge on any atom is 0.264 e. The minimum Gasteiger partial charge on any atom is -0.354 e. The molecule has 39 heavy (non-hydrogen) atoms. The van der Waals surface area contributed by atoms with Gasteiger partial charge in [-0.2, -0.15) is 0 Å². The summed E-state index contributed by atoms with van der Waals surface area (Å²) in [5.41, 5.74) is 1.11. The number of amides is 2. The first kappa shape index (κ1) is 30.7. The predicted octanol–water partition coefficient (Wildman–Crippen LogP) is 6.02. The summed E-state index contributed by atoms with van der Waals surface area (Å²) in [6.45, 7) is 4.01. The minimum atomic E-state index is -4.09. The van der Waals surface area contributed by atoms with Gasteiger partial charge in [0, 0.05) is 22.6 Å². The standard InChI is InChI=1S/C29H33BrClN3O4S/c1-3-5-19-32-29(36)27(4-2)33(20-22-11-15-24(31)16-12-22)28(35)21-34(25-17-13-23(30)14-18-25)39(37,38)26-9-7-6-8-10-26/h6-18,27H,3-5,19-21H2,1-2H3,(H,32,36)/t27-/m0/s1. The van der Waals surface area contributed by atoms with E-state index in [9.17, 15) is 18.0 Å². The summed E-state index contributed by atoms with van der Waals surface area (Å²) in [7, 11) is -4.09. The van der Waals surface area contributed by atoms with E-state index in [0.717, 1.165) is 27.2 Å². The molecule has 2 amide bonds. The van der Waals surface area contributed by atoms with E-state index in [4.69, 9.17) is 11.6 Å². The zero-order valence-electron chi connectivity index (χ0n) is 22.0. The van der Waals surface area contributed by atoms with Crippen LogP contribution in [-0.4, -0.2) is 44.3 Å². The summed E-state index contributed by atoms with van der Waals surface area (Å²) in [4.78, 5) is 28.7. The van der Waals surface area contributed by atoms with Gasteiger partial charge < -0.3 is 10.2 Å². The van der Waals surface area contributed by atoms with Gasteiger partial charge in [0.1, 0.15) is 12.6 Å². The molecule has 1 N–H and O–H groups in total. The van der Waals surface area contributed by atoms with Crippen LogP contribution in [0, 0.1) is 0 Å². The number of nitrogens with zero attached hydrogens (tertiary/aromatic N) is 2. The van der Waals surface area contributed by atoms with Crippen molar-refractivity contribution >= 4 is 55.1 Å². The molecule has 3 aromatic carbocycles. The summed E-state index contributed by atoms with van der Waals surface area (Å²) in [6, 6.07) is 20.9. The lowest BCUT2D eigenvalue weighted by Gasteiger charge is -2.33. The number of carbonyl (C=O) groups excluding carboxylic acids is 2. The maximum atomic E-state index is 14.0. The highest BCUT2D eigenvalue weighted by Crippen LogP contribution is 2.26. The van der Waals surface area contributed by atoms with Gasteiger partial charge in [-0.05, 0) is 66.9 Å². The fourth-order valence-electron chi connectivity index (χ4n) is 4.07. The van der Waals surface area contributed by atoms with Crippen molar-refractivity contribution in [2.24, 2.45) is 0 Å². The number of anilines is 1. The van der Waals surface area contributed by atoms with E-state index in [1.807, 2.05) is 13.8 Å². The summed E-state index contributed by atoms with van der Waals surface area (Å²) in [5.74, 6) is -0.765. The summed E-state index contributed by atoms with van der Waals surface area (Å²) >= 11 is 9.44. The molecular weight excluding hydrogens is 602 g/mol. The Kier molecular flexibility index (Phi) is 11.4. The third-order valence-corrected chi connectivity index (χ3v) is 8.78. The van der Waals surface area contributed by atoms with Crippen LogP contribution in [-0.2, 0) is 26.2 Å². The van der Waals surface area contributed by atoms with Crippen LogP contribution in [0.4, 0.5) is 5.69 Å². The van der Waals surface area contributed by atoms with E-state index < -0.39 is 28.5 Å². The van der Waals surface area contributed by atoms with E-state index in [0.29, 0.717) is 23.7 Å². The van der Waals surface area contributed by atoms with Gasteiger partial charge >= 0.3 is 0 Å². The van der Waals surface area contributed by atoms with Crippen molar-refractivity contribution in [2.75, 3.05) is 17.4 Å². The van der Waals surface area contributed by atoms with Crippen molar-refractivity contribution in [3.8, 4) is 0 Å². The molecule has 0 heterocycles. The molecule has 3 aromatic rings. The number of halogens is 2. The van der Waals surface area contributed by atoms with Crippen molar-refractivity contribution in [1.82, 2.24) is 10.2 Å². The molecule has 0 bridgehead atoms. The molecule has 0 aromatic heterocycles. The van der Waals surface area contributed by atoms with Gasteiger partial charge in [0.15, 0.2) is 0 Å². The van der Waals surface area contributed by atoms with E-state index >= 15 is 0 Å². The first-order valence-corrected chi connectivity index (χ1v) is 15.4. The molecular formula is C29H33BrClN3O4S. The molecule has 7 nitrogen and oxygen atoms in total. The third-order valence-electron chi connectivity index (χ3n) is 6.21. The normalized spacial score (nSPS) is 12.0. The molecule has 1 atom stereocenters. The van der Waals surface area contributed by atoms with Crippen molar-refractivity contribution in [1.29, 1.82) is 0 Å². The fourth-order valence-corrected chi connectivity index (χ4v) is 5.89. The summed E-state index contributed by atoms with van der Waals surface area (Å²) in [5, 5.41) is 3.47. The molecule has 0 spiro atoms. The highest BCUT2D eigenvalue weighted by molar-refractivity contribution is 9.10. The Morgan fingerprint density at radius 1 is 0.949 bits per heavy atom. The molecule has 0 radical (unpaired) electrons. The van der Waals surface area contributed by atoms with Gasteiger partial charge in [0.2, 0.25) is 11.8 Å². The van der Waals surface area contributed by atoms with Crippen LogP contribution in [0.25, 0.3) is 0 Å². The van der Waals surface area contributed by atoms with Gasteiger partial charge in [-0.1, -0.05) is 78.1 Å². The van der Waals surface area contributed by atoms with Gasteiger partial charge in [-0.3, -0.25) is 13.9 Å². The number of rotatable bonds is 13. The van der Waals surface area contributed by atoms with Gasteiger partial charge in [-0.15, -0.1) is 0 Å². The molecule has 0 aliphatic heterocycles. The molecule has 0 fully saturated rings. The Labute approximate surface area is 244 Å². The zero-order chi connectivity index (χ0) is 28.4. The number of hydrogen-bond donors (Lipinski definition) is 1. The molecule has 0 unspecified atom stereocenters. The number of carbonyl (C=O) groups is 2. The van der Waals surface area contributed by atoms with Crippen molar-refractivity contribution in [3.63, 3.8) is 0 Å². The summed E-state index contributed by atoms with van der Waals surface area (Å²) in [6.07, 6.45) is 2.10. The van der Waals surface area contributed by atoms with Crippen LogP contribution >= 0.6 is 27.5 Å². The highest BCUT2D eigenvalue weighted by Gasteiger charge is 2.33. The average Bonchev–Trinajstić information content (AvgIpc) is 2.93. The molecule has 0 aliphatic rings. The smallest absolute Gasteiger partial charge is 0.264 e. The lowest BCUT2D eigenvalue weighted by Crippen LogP contribution is -2.52. The Morgan fingerprint density at radius 2 is 1.59 bits per heavy atom.